The SMILES string of the molecule is Cc1ccc(N2N=C(C(=O)N3CCCCCC3)CCC2=O)cc1. The Labute approximate surface area is 137 Å². The van der Waals surface area contributed by atoms with E-state index in [2.05, 4.69) is 5.10 Å². The van der Waals surface area contributed by atoms with Crippen molar-refractivity contribution >= 4 is 23.2 Å². The van der Waals surface area contributed by atoms with E-state index in [1.807, 2.05) is 36.1 Å². The molecule has 5 nitrogen and oxygen atoms in total. The quantitative estimate of drug-likeness (QED) is 0.843. The summed E-state index contributed by atoms with van der Waals surface area (Å²) in [5, 5.41) is 5.76. The van der Waals surface area contributed by atoms with Crippen LogP contribution in [0.25, 0.3) is 0 Å². The second kappa shape index (κ2) is 6.94. The number of amides is 2. The summed E-state index contributed by atoms with van der Waals surface area (Å²) in [5.74, 6) is -0.0576. The number of hydrogen-bond acceptors (Lipinski definition) is 3. The zero-order valence-electron chi connectivity index (χ0n) is 13.6. The predicted molar refractivity (Wildman–Crippen MR) is 90.4 cm³/mol. The molecule has 122 valence electrons. The molecule has 0 N–H and O–H groups in total. The first-order chi connectivity index (χ1) is 11.1. The number of hydrazone groups is 1. The van der Waals surface area contributed by atoms with Crippen molar-refractivity contribution in [3.8, 4) is 0 Å². The molecule has 0 atom stereocenters. The molecule has 3 rings (SSSR count). The number of nitrogens with zero attached hydrogens (tertiary/aromatic N) is 3. The van der Waals surface area contributed by atoms with Gasteiger partial charge in [-0.3, -0.25) is 9.59 Å². The molecule has 1 saturated heterocycles. The van der Waals surface area contributed by atoms with Crippen LogP contribution in [0.3, 0.4) is 0 Å². The summed E-state index contributed by atoms with van der Waals surface area (Å²) in [6.45, 7) is 3.60. The standard InChI is InChI=1S/C18H23N3O2/c1-14-6-8-15(9-7-14)21-17(22)11-10-16(19-21)18(23)20-12-4-2-3-5-13-20/h6-9H,2-5,10-13H2,1H3. The molecule has 5 heteroatoms. The van der Waals surface area contributed by atoms with Crippen LogP contribution in [0.5, 0.6) is 0 Å². The number of carbonyl (C=O) groups excluding carboxylic acids is 2. The van der Waals surface area contributed by atoms with Crippen LogP contribution >= 0.6 is 0 Å². The van der Waals surface area contributed by atoms with Crippen molar-refractivity contribution in [2.75, 3.05) is 18.1 Å². The smallest absolute Gasteiger partial charge is 0.270 e. The highest BCUT2D eigenvalue weighted by Gasteiger charge is 2.28. The van der Waals surface area contributed by atoms with Gasteiger partial charge in [0.25, 0.3) is 5.91 Å². The fourth-order valence-electron chi connectivity index (χ4n) is 3.05. The monoisotopic (exact) mass is 313 g/mol. The Balaban J connectivity index is 1.81. The van der Waals surface area contributed by atoms with E-state index in [9.17, 15) is 9.59 Å². The molecule has 2 aliphatic heterocycles. The number of anilines is 1. The van der Waals surface area contributed by atoms with Gasteiger partial charge in [0.15, 0.2) is 0 Å². The van der Waals surface area contributed by atoms with Crippen molar-refractivity contribution in [2.45, 2.75) is 45.4 Å². The van der Waals surface area contributed by atoms with Crippen LogP contribution in [0.15, 0.2) is 29.4 Å². The zero-order chi connectivity index (χ0) is 16.2. The first-order valence-electron chi connectivity index (χ1n) is 8.41. The van der Waals surface area contributed by atoms with Crippen LogP contribution in [0.1, 0.15) is 44.1 Å². The van der Waals surface area contributed by atoms with E-state index >= 15 is 0 Å². The summed E-state index contributed by atoms with van der Waals surface area (Å²) < 4.78 is 0. The summed E-state index contributed by atoms with van der Waals surface area (Å²) in [6.07, 6.45) is 5.26. The Kier molecular flexibility index (Phi) is 4.74. The molecule has 0 aliphatic carbocycles. The maximum Gasteiger partial charge on any atom is 0.270 e. The van der Waals surface area contributed by atoms with E-state index in [4.69, 9.17) is 0 Å². The Morgan fingerprint density at radius 1 is 1.00 bits per heavy atom. The molecule has 2 aliphatic rings. The van der Waals surface area contributed by atoms with Gasteiger partial charge in [-0.25, -0.2) is 5.01 Å². The lowest BCUT2D eigenvalue weighted by atomic mass is 10.1. The summed E-state index contributed by atoms with van der Waals surface area (Å²) in [4.78, 5) is 26.8. The number of benzene rings is 1. The fraction of sp³-hybridized carbons (Fsp3) is 0.500. The number of carbonyl (C=O) groups is 2. The van der Waals surface area contributed by atoms with Gasteiger partial charge in [0.2, 0.25) is 5.91 Å². The molecule has 1 fully saturated rings. The Hall–Kier alpha value is -2.17. The number of aryl methyl sites for hydroxylation is 1. The highest BCUT2D eigenvalue weighted by molar-refractivity contribution is 6.40. The average molecular weight is 313 g/mol. The molecule has 0 saturated carbocycles. The minimum atomic E-state index is -0.0544. The summed E-state index contributed by atoms with van der Waals surface area (Å²) in [6, 6.07) is 7.64. The lowest BCUT2D eigenvalue weighted by Crippen LogP contribution is -2.42. The second-order valence-electron chi connectivity index (χ2n) is 6.29. The molecule has 23 heavy (non-hydrogen) atoms. The molecular formula is C18H23N3O2. The van der Waals surface area contributed by atoms with Gasteiger partial charge in [-0.15, -0.1) is 0 Å². The van der Waals surface area contributed by atoms with Gasteiger partial charge < -0.3 is 4.90 Å². The molecule has 2 heterocycles. The van der Waals surface area contributed by atoms with Crippen molar-refractivity contribution in [1.82, 2.24) is 4.90 Å². The average Bonchev–Trinajstić information content (AvgIpc) is 2.85. The maximum atomic E-state index is 12.7. The lowest BCUT2D eigenvalue weighted by molar-refractivity contribution is -0.124. The number of likely N-dealkylation sites (tertiary alicyclic amines) is 1. The van der Waals surface area contributed by atoms with Gasteiger partial charge in [-0.1, -0.05) is 30.5 Å². The van der Waals surface area contributed by atoms with Crippen molar-refractivity contribution in [3.05, 3.63) is 29.8 Å². The highest BCUT2D eigenvalue weighted by atomic mass is 16.2. The summed E-state index contributed by atoms with van der Waals surface area (Å²) in [5.41, 5.74) is 2.36. The molecule has 0 bridgehead atoms. The molecule has 1 aromatic rings. The first-order valence-corrected chi connectivity index (χ1v) is 8.41. The predicted octanol–water partition coefficient (Wildman–Crippen LogP) is 2.88. The molecule has 2 amide bonds. The Morgan fingerprint density at radius 2 is 1.65 bits per heavy atom. The normalized spacial score (nSPS) is 19.3. The molecule has 0 radical (unpaired) electrons. The minimum Gasteiger partial charge on any atom is -0.338 e. The van der Waals surface area contributed by atoms with Gasteiger partial charge in [0.05, 0.1) is 5.69 Å². The van der Waals surface area contributed by atoms with E-state index in [1.165, 1.54) is 17.9 Å². The third-order valence-corrected chi connectivity index (χ3v) is 4.45. The van der Waals surface area contributed by atoms with Crippen molar-refractivity contribution in [1.29, 1.82) is 0 Å². The van der Waals surface area contributed by atoms with Gasteiger partial charge in [-0.2, -0.15) is 5.10 Å². The summed E-state index contributed by atoms with van der Waals surface area (Å²) in [7, 11) is 0. The van der Waals surface area contributed by atoms with E-state index < -0.39 is 0 Å². The van der Waals surface area contributed by atoms with Crippen LogP contribution in [0.4, 0.5) is 5.69 Å². The molecule has 1 aromatic carbocycles. The molecular weight excluding hydrogens is 290 g/mol. The van der Waals surface area contributed by atoms with Crippen LogP contribution in [0, 0.1) is 6.92 Å². The van der Waals surface area contributed by atoms with Crippen molar-refractivity contribution in [3.63, 3.8) is 0 Å². The van der Waals surface area contributed by atoms with Gasteiger partial charge >= 0.3 is 0 Å². The number of rotatable bonds is 2. The van der Waals surface area contributed by atoms with Gasteiger partial charge in [0.1, 0.15) is 5.71 Å². The lowest BCUT2D eigenvalue weighted by Gasteiger charge is -2.26. The van der Waals surface area contributed by atoms with Crippen LogP contribution in [0.2, 0.25) is 0 Å². The largest absolute Gasteiger partial charge is 0.338 e. The number of hydrogen-bond donors (Lipinski definition) is 0. The van der Waals surface area contributed by atoms with Crippen LogP contribution in [-0.2, 0) is 9.59 Å². The van der Waals surface area contributed by atoms with Crippen molar-refractivity contribution < 1.29 is 9.59 Å². The van der Waals surface area contributed by atoms with E-state index in [1.54, 1.807) is 0 Å². The molecule has 0 aromatic heterocycles. The second-order valence-corrected chi connectivity index (χ2v) is 6.29. The highest BCUT2D eigenvalue weighted by Crippen LogP contribution is 2.22. The first kappa shape index (κ1) is 15.7. The third-order valence-electron chi connectivity index (χ3n) is 4.45. The van der Waals surface area contributed by atoms with Crippen molar-refractivity contribution in [2.24, 2.45) is 5.10 Å². The third kappa shape index (κ3) is 3.60. The maximum absolute atomic E-state index is 12.7. The topological polar surface area (TPSA) is 53.0 Å². The Morgan fingerprint density at radius 3 is 2.30 bits per heavy atom. The van der Waals surface area contributed by atoms with Gasteiger partial charge in [0, 0.05) is 25.9 Å². The minimum absolute atomic E-state index is 0.00323. The molecule has 0 unspecified atom stereocenters. The fourth-order valence-corrected chi connectivity index (χ4v) is 3.05. The van der Waals surface area contributed by atoms with Crippen LogP contribution in [-0.4, -0.2) is 35.5 Å². The van der Waals surface area contributed by atoms with E-state index in [0.29, 0.717) is 18.6 Å². The van der Waals surface area contributed by atoms with E-state index in [0.717, 1.165) is 37.2 Å². The van der Waals surface area contributed by atoms with Crippen LogP contribution < -0.4 is 5.01 Å². The van der Waals surface area contributed by atoms with E-state index in [-0.39, 0.29) is 11.8 Å². The Bertz CT molecular complexity index is 614. The zero-order valence-corrected chi connectivity index (χ0v) is 13.6. The summed E-state index contributed by atoms with van der Waals surface area (Å²) >= 11 is 0. The molecule has 0 spiro atoms. The van der Waals surface area contributed by atoms with Gasteiger partial charge in [-0.05, 0) is 31.9 Å².